The number of thiocarbonyl (C=S) groups is 1. The van der Waals surface area contributed by atoms with Crippen LogP contribution < -0.4 is 42.5 Å². The van der Waals surface area contributed by atoms with Crippen molar-refractivity contribution in [1.82, 2.24) is 42.5 Å². The molecule has 3 heterocycles. The first kappa shape index (κ1) is 123. The third kappa shape index (κ3) is 59.4. The molecule has 8 N–H and O–H groups in total. The number of nitrogens with zero attached hydrogens (tertiary/aromatic N) is 1. The summed E-state index contributed by atoms with van der Waals surface area (Å²) in [5.41, 5.74) is -1.43. The van der Waals surface area contributed by atoms with Crippen LogP contribution >= 0.6 is 35.7 Å². The summed E-state index contributed by atoms with van der Waals surface area (Å²) in [6.45, 7) is 13.9. The summed E-state index contributed by atoms with van der Waals surface area (Å²) >= 11 is 8.07. The summed E-state index contributed by atoms with van der Waals surface area (Å²) < 4.78 is 111. The van der Waals surface area contributed by atoms with Gasteiger partial charge in [-0.05, 0) is 96.1 Å². The van der Waals surface area contributed by atoms with Crippen LogP contribution in [0.2, 0.25) is 0 Å². The Morgan fingerprint density at radius 2 is 0.645 bits per heavy atom. The molecule has 0 radical (unpaired) electrons. The molecule has 138 heavy (non-hydrogen) atoms. The highest BCUT2D eigenvalue weighted by Gasteiger charge is 2.48. The Morgan fingerprint density at radius 3 is 0.942 bits per heavy atom. The number of nitrogens with one attached hydrogen (secondary N) is 8. The minimum absolute atomic E-state index is 0.0319. The van der Waals surface area contributed by atoms with Crippen LogP contribution in [0.1, 0.15) is 211 Å². The van der Waals surface area contributed by atoms with Crippen molar-refractivity contribution in [2.24, 2.45) is 0 Å². The maximum absolute atomic E-state index is 14.1. The minimum Gasteiger partial charge on any atom is -0.463 e. The van der Waals surface area contributed by atoms with E-state index in [0.29, 0.717) is 61.3 Å². The van der Waals surface area contributed by atoms with E-state index in [4.69, 9.17) is 107 Å². The maximum Gasteiger partial charge on any atom is 0.303 e. The highest BCUT2D eigenvalue weighted by Crippen LogP contribution is 2.36. The van der Waals surface area contributed by atoms with Crippen LogP contribution in [0.25, 0.3) is 0 Å². The number of amides is 8. The fourth-order valence-corrected chi connectivity index (χ4v) is 16.8. The summed E-state index contributed by atoms with van der Waals surface area (Å²) in [4.78, 5) is 213. The third-order valence-electron chi connectivity index (χ3n) is 20.4. The summed E-state index contributed by atoms with van der Waals surface area (Å²) in [6, 6.07) is 2.25. The molecule has 49 heteroatoms. The molecule has 0 aromatic rings. The van der Waals surface area contributed by atoms with Crippen molar-refractivity contribution in [2.45, 2.75) is 295 Å². The molecule has 784 valence electrons. The molecule has 46 nitrogen and oxygen atoms in total. The van der Waals surface area contributed by atoms with Gasteiger partial charge in [-0.3, -0.25) is 81.5 Å². The van der Waals surface area contributed by atoms with Crippen molar-refractivity contribution in [3.05, 3.63) is 0 Å². The Labute approximate surface area is 818 Å². The van der Waals surface area contributed by atoms with Gasteiger partial charge in [0.05, 0.1) is 52.3 Å². The molecule has 0 aromatic carbocycles. The SMILES string of the molecule is CCSC(=S)SC(C)(C#N)CCC(=O)NCCOCCOCCC(=O)NC(CCC(=O)NCCOCC(=O)NCCCCCO[C@H]1C[C@@H](OC(C)=O)[C@@H](OC(C)=O)[C@@H](COC(C)=O)O1)(CCC(=O)NCCOCC(=O)NCCCCCO[C@H]1C[C@@H](OC(C)=O)[C@@H](OC(C)=O)[C@@H](COC(C)=O)O1)CCC(=O)NCCOCC(=O)NCCCCCO[C@H]1C[C@@H](OC(C)=O)[C@@H](OC(C)=O)[C@@H](COC(C)=O)O1. The number of unbranched alkanes of at least 4 members (excludes halogenated alkanes) is 6. The van der Waals surface area contributed by atoms with Crippen LogP contribution in [-0.2, 0) is 176 Å². The Bertz CT molecular complexity index is 3530. The highest BCUT2D eigenvalue weighted by molar-refractivity contribution is 8.47. The predicted molar refractivity (Wildman–Crippen MR) is 492 cm³/mol. The lowest BCUT2D eigenvalue weighted by molar-refractivity contribution is -0.266. The van der Waals surface area contributed by atoms with Gasteiger partial charge >= 0.3 is 53.7 Å². The number of nitriles is 1. The lowest BCUT2D eigenvalue weighted by atomic mass is 9.83. The van der Waals surface area contributed by atoms with Crippen molar-refractivity contribution >= 4 is 140 Å². The number of carbonyl (C=O) groups excluding carboxylic acids is 17. The molecule has 3 rings (SSSR count). The lowest BCUT2D eigenvalue weighted by Gasteiger charge is -2.39. The molecular formula is C89H143N9O37S3. The summed E-state index contributed by atoms with van der Waals surface area (Å²) in [6.07, 6.45) is -7.44. The standard InChI is InChI=1S/C89H143N9O37S3/c1-12-137-87(136)138-88(11,57-90)27-22-73(108)94-34-42-117-47-46-116-41-26-77(112)98-89(28-23-74(109)95-35-43-118-54-78(113)91-31-16-13-19-38-121-81-48-67(127-61(5)102)84(130-64(8)105)70(133-81)51-124-58(2)99,29-24-75(110)96-36-44-119-55-79(114)92-32-17-14-20-39-122-82-49-68(128-62(6)103)85(131-65(9)106)71(134-82)52-125-59(3)100)30-25-76(111)97-37-45-120-56-80(115)93-33-18-15-21-40-123-83-50-69(129-63(7)104)86(132-66(10)107)72(135-83)53-126-60(4)101/h67-72,81-86H,12-56H2,1-11H3,(H,91,113)(H,92,114)(H,93,115)(H,94,108)(H,95,109)(H,96,110)(H,97,111)(H,98,112)/t67-,68-,69-,70-,71-,72-,81-,82-,83-,84-,85-,86-,88?/m1/s1. The molecule has 3 aliphatic rings. The molecule has 3 fully saturated rings. The van der Waals surface area contributed by atoms with Gasteiger partial charge in [-0.2, -0.15) is 5.26 Å². The van der Waals surface area contributed by atoms with Crippen molar-refractivity contribution in [2.75, 3.05) is 157 Å². The first-order chi connectivity index (χ1) is 65.8. The lowest BCUT2D eigenvalue weighted by Crippen LogP contribution is -2.54. The smallest absolute Gasteiger partial charge is 0.303 e. The topological polar surface area (TPSA) is 595 Å². The van der Waals surface area contributed by atoms with Crippen molar-refractivity contribution in [1.29, 1.82) is 5.26 Å². The quantitative estimate of drug-likeness (QED) is 0.0188. The zero-order valence-electron chi connectivity index (χ0n) is 81.0. The van der Waals surface area contributed by atoms with Gasteiger partial charge in [-0.1, -0.05) is 30.9 Å². The van der Waals surface area contributed by atoms with E-state index in [1.807, 2.05) is 6.92 Å². The molecular weight excluding hydrogens is 1880 g/mol. The predicted octanol–water partition coefficient (Wildman–Crippen LogP) is 2.49. The summed E-state index contributed by atoms with van der Waals surface area (Å²) in [5.74, 6) is -8.60. The van der Waals surface area contributed by atoms with E-state index in [1.165, 1.54) is 85.8 Å². The average Bonchev–Trinajstić information content (AvgIpc) is 0.829. The Balaban J connectivity index is 1.66. The van der Waals surface area contributed by atoms with Gasteiger partial charge in [-0.15, -0.1) is 11.8 Å². The van der Waals surface area contributed by atoms with E-state index in [1.54, 1.807) is 6.92 Å². The van der Waals surface area contributed by atoms with Crippen LogP contribution in [-0.4, -0.2) is 346 Å². The van der Waals surface area contributed by atoms with Gasteiger partial charge in [0.1, 0.15) is 84.5 Å². The largest absolute Gasteiger partial charge is 0.463 e. The second-order valence-corrected chi connectivity index (χ2v) is 36.4. The second-order valence-electron chi connectivity index (χ2n) is 32.4. The molecule has 13 atom stereocenters. The fourth-order valence-electron chi connectivity index (χ4n) is 13.9. The number of thioether (sulfide) groups is 2. The first-order valence-electron chi connectivity index (χ1n) is 46.4. The number of rotatable bonds is 72. The summed E-state index contributed by atoms with van der Waals surface area (Å²) in [5, 5.41) is 32.1. The van der Waals surface area contributed by atoms with Crippen molar-refractivity contribution < 1.29 is 176 Å². The number of hydrogen-bond acceptors (Lipinski definition) is 41. The average molecular weight is 2030 g/mol. The molecule has 0 aromatic heterocycles. The monoisotopic (exact) mass is 2030 g/mol. The normalized spacial score (nSPS) is 19.9. The molecule has 0 spiro atoms. The number of hydrogen-bond donors (Lipinski definition) is 8. The molecule has 0 saturated carbocycles. The Kier molecular flexibility index (Phi) is 64.3. The Morgan fingerprint density at radius 1 is 0.348 bits per heavy atom. The van der Waals surface area contributed by atoms with Crippen LogP contribution in [0, 0.1) is 11.3 Å². The van der Waals surface area contributed by atoms with Crippen molar-refractivity contribution in [3.63, 3.8) is 0 Å². The molecule has 3 saturated heterocycles. The molecule has 1 unspecified atom stereocenters. The van der Waals surface area contributed by atoms with E-state index < -0.39 is 179 Å². The van der Waals surface area contributed by atoms with Crippen LogP contribution in [0.5, 0.6) is 0 Å². The van der Waals surface area contributed by atoms with Crippen LogP contribution in [0.15, 0.2) is 0 Å². The zero-order chi connectivity index (χ0) is 102. The first-order valence-corrected chi connectivity index (χ1v) is 48.6. The van der Waals surface area contributed by atoms with Gasteiger partial charge in [0.25, 0.3) is 0 Å². The van der Waals surface area contributed by atoms with Crippen LogP contribution in [0.3, 0.4) is 0 Å². The van der Waals surface area contributed by atoms with Crippen molar-refractivity contribution in [3.8, 4) is 6.07 Å². The van der Waals surface area contributed by atoms with E-state index in [9.17, 15) is 86.8 Å². The molecule has 8 amide bonds. The van der Waals surface area contributed by atoms with Gasteiger partial charge in [0.2, 0.25) is 47.3 Å². The molecule has 0 aliphatic carbocycles. The van der Waals surface area contributed by atoms with Crippen LogP contribution in [0.4, 0.5) is 0 Å². The second kappa shape index (κ2) is 72.1. The molecule has 3 aliphatic heterocycles. The van der Waals surface area contributed by atoms with Gasteiger partial charge < -0.3 is 137 Å². The van der Waals surface area contributed by atoms with E-state index >= 15 is 0 Å². The fraction of sp³-hybridized carbons (Fsp3) is 0.787. The van der Waals surface area contributed by atoms with E-state index in [-0.39, 0.29) is 234 Å². The van der Waals surface area contributed by atoms with E-state index in [0.717, 1.165) is 5.75 Å². The van der Waals surface area contributed by atoms with Gasteiger partial charge in [-0.25, -0.2) is 0 Å². The molecule has 0 bridgehead atoms. The summed E-state index contributed by atoms with van der Waals surface area (Å²) in [7, 11) is 0. The highest BCUT2D eigenvalue weighted by atomic mass is 32.2. The number of esters is 9. The maximum atomic E-state index is 14.1. The van der Waals surface area contributed by atoms with Gasteiger partial charge in [0, 0.05) is 185 Å². The third-order valence-corrected chi connectivity index (χ3v) is 23.0. The number of ether oxygens (including phenoxy) is 20. The van der Waals surface area contributed by atoms with E-state index in [2.05, 4.69) is 48.6 Å². The van der Waals surface area contributed by atoms with Gasteiger partial charge in [0.15, 0.2) is 37.2 Å². The zero-order valence-corrected chi connectivity index (χ0v) is 83.5. The minimum atomic E-state index is -1.43. The number of carbonyl (C=O) groups is 17. The Hall–Kier alpha value is -9.17.